The van der Waals surface area contributed by atoms with Crippen LogP contribution in [-0.4, -0.2) is 51.2 Å². The van der Waals surface area contributed by atoms with Gasteiger partial charge in [-0.15, -0.1) is 0 Å². The zero-order valence-electron chi connectivity index (χ0n) is 21.9. The minimum absolute atomic E-state index is 0.00787. The van der Waals surface area contributed by atoms with Gasteiger partial charge < -0.3 is 14.8 Å². The number of hydrogen-bond donors (Lipinski definition) is 1. The number of halogens is 2. The number of anilines is 2. The van der Waals surface area contributed by atoms with Crippen LogP contribution >= 0.6 is 0 Å². The molecule has 38 heavy (non-hydrogen) atoms. The Morgan fingerprint density at radius 3 is 2.37 bits per heavy atom. The summed E-state index contributed by atoms with van der Waals surface area (Å²) in [5.74, 6) is -3.30. The van der Waals surface area contributed by atoms with Gasteiger partial charge in [-0.2, -0.15) is 0 Å². The molecule has 7 nitrogen and oxygen atoms in total. The van der Waals surface area contributed by atoms with E-state index in [0.717, 1.165) is 38.0 Å². The van der Waals surface area contributed by atoms with Crippen molar-refractivity contribution in [1.29, 1.82) is 0 Å². The van der Waals surface area contributed by atoms with Gasteiger partial charge in [-0.05, 0) is 55.3 Å². The first-order valence-corrected chi connectivity index (χ1v) is 18.4. The molecule has 206 valence electrons. The first-order chi connectivity index (χ1) is 17.9. The average molecular weight is 564 g/mol. The molecule has 0 bridgehead atoms. The second-order valence-corrected chi connectivity index (χ2v) is 19.3. The zero-order valence-corrected chi connectivity index (χ0v) is 23.7. The van der Waals surface area contributed by atoms with E-state index >= 15 is 0 Å². The molecule has 0 unspecified atom stereocenters. The number of amides is 1. The van der Waals surface area contributed by atoms with Crippen LogP contribution < -0.4 is 15.8 Å². The molecule has 5 rings (SSSR count). The number of rotatable bonds is 6. The van der Waals surface area contributed by atoms with Crippen LogP contribution in [0.5, 0.6) is 0 Å². The summed E-state index contributed by atoms with van der Waals surface area (Å²) in [4.78, 5) is 28.8. The number of sulfone groups is 1. The summed E-state index contributed by atoms with van der Waals surface area (Å²) in [6, 6.07) is 9.13. The Balaban J connectivity index is 1.46. The number of carbonyl (C=O) groups is 1. The largest absolute Gasteiger partial charge is 0.371 e. The lowest BCUT2D eigenvalue weighted by molar-refractivity contribution is -0.104. The number of aromatic nitrogens is 1. The standard InChI is InChI=1S/C27H35F2N3O4SSi/c1-38(2)14-12-31(13-15-38)24-16-21(37(35,36)20-6-3-4-7-20)9-10-22(24)25(33)30-23-8-5-11-32(26(23)34)19-17-27(28,29)18-19/h5,8-11,16,19-20H,3-4,6-7,12-15,17-18H2,1-2H3,(H,30,33). The van der Waals surface area contributed by atoms with Gasteiger partial charge in [-0.1, -0.05) is 25.9 Å². The highest BCUT2D eigenvalue weighted by atomic mass is 32.2. The Morgan fingerprint density at radius 1 is 1.08 bits per heavy atom. The Hall–Kier alpha value is -2.53. The molecule has 2 aliphatic carbocycles. The van der Waals surface area contributed by atoms with E-state index in [1.165, 1.54) is 29.0 Å². The summed E-state index contributed by atoms with van der Waals surface area (Å²) in [5.41, 5.74) is 0.324. The van der Waals surface area contributed by atoms with Gasteiger partial charge in [0.1, 0.15) is 5.69 Å². The first-order valence-electron chi connectivity index (χ1n) is 13.4. The molecule has 1 saturated heterocycles. The summed E-state index contributed by atoms with van der Waals surface area (Å²) >= 11 is 0. The number of nitrogens with one attached hydrogen (secondary N) is 1. The topological polar surface area (TPSA) is 88.5 Å². The van der Waals surface area contributed by atoms with Gasteiger partial charge in [-0.25, -0.2) is 17.2 Å². The molecule has 1 aromatic heterocycles. The van der Waals surface area contributed by atoms with Gasteiger partial charge in [0.05, 0.1) is 29.5 Å². The van der Waals surface area contributed by atoms with Crippen LogP contribution in [0.1, 0.15) is 54.9 Å². The van der Waals surface area contributed by atoms with Gasteiger partial charge in [0.2, 0.25) is 0 Å². The Bertz CT molecular complexity index is 1390. The lowest BCUT2D eigenvalue weighted by Gasteiger charge is -2.38. The minimum atomic E-state index is -3.52. The molecule has 1 N–H and O–H groups in total. The predicted molar refractivity (Wildman–Crippen MR) is 147 cm³/mol. The molecular formula is C27H35F2N3O4SSi. The first kappa shape index (κ1) is 27.0. The Morgan fingerprint density at radius 2 is 1.74 bits per heavy atom. The van der Waals surface area contributed by atoms with Crippen LogP contribution in [0.4, 0.5) is 20.2 Å². The Labute approximate surface area is 223 Å². The highest BCUT2D eigenvalue weighted by Crippen LogP contribution is 2.44. The SMILES string of the molecule is C[Si]1(C)CCN(c2cc(S(=O)(=O)C3CCCC3)ccc2C(=O)Nc2cccn(C3CC(F)(F)C3)c2=O)CC1. The molecule has 2 saturated carbocycles. The molecule has 3 fully saturated rings. The maximum atomic E-state index is 13.5. The molecule has 1 amide bonds. The quantitative estimate of drug-likeness (QED) is 0.481. The maximum Gasteiger partial charge on any atom is 0.274 e. The van der Waals surface area contributed by atoms with E-state index < -0.39 is 59.4 Å². The number of carbonyl (C=O) groups excluding carboxylic acids is 1. The number of alkyl halides is 2. The van der Waals surface area contributed by atoms with E-state index in [1.807, 2.05) is 0 Å². The average Bonchev–Trinajstić information content (AvgIpc) is 3.40. The van der Waals surface area contributed by atoms with Crippen molar-refractivity contribution in [2.75, 3.05) is 23.3 Å². The lowest BCUT2D eigenvalue weighted by atomic mass is 9.88. The molecule has 0 atom stereocenters. The van der Waals surface area contributed by atoms with Crippen molar-refractivity contribution < 1.29 is 22.0 Å². The third kappa shape index (κ3) is 5.32. The second-order valence-electron chi connectivity index (χ2n) is 11.8. The number of benzene rings is 1. The van der Waals surface area contributed by atoms with Gasteiger partial charge >= 0.3 is 0 Å². The van der Waals surface area contributed by atoms with Gasteiger partial charge in [0.15, 0.2) is 9.84 Å². The van der Waals surface area contributed by atoms with Crippen LogP contribution in [0.15, 0.2) is 46.2 Å². The Kier molecular flexibility index (Phi) is 7.04. The summed E-state index contributed by atoms with van der Waals surface area (Å²) in [5, 5.41) is 2.27. The van der Waals surface area contributed by atoms with Crippen molar-refractivity contribution >= 4 is 35.2 Å². The van der Waals surface area contributed by atoms with Crippen LogP contribution in [0.3, 0.4) is 0 Å². The smallest absolute Gasteiger partial charge is 0.274 e. The predicted octanol–water partition coefficient (Wildman–Crippen LogP) is 5.32. The van der Waals surface area contributed by atoms with Crippen molar-refractivity contribution in [2.24, 2.45) is 0 Å². The maximum absolute atomic E-state index is 13.5. The van der Waals surface area contributed by atoms with Crippen molar-refractivity contribution in [3.05, 3.63) is 52.4 Å². The molecule has 0 spiro atoms. The fourth-order valence-electron chi connectivity index (χ4n) is 5.79. The number of nitrogens with zero attached hydrogens (tertiary/aromatic N) is 2. The lowest BCUT2D eigenvalue weighted by Crippen LogP contribution is -2.43. The van der Waals surface area contributed by atoms with E-state index in [9.17, 15) is 26.8 Å². The van der Waals surface area contributed by atoms with Gasteiger partial charge in [-0.3, -0.25) is 9.59 Å². The zero-order chi connectivity index (χ0) is 27.3. The number of hydrogen-bond acceptors (Lipinski definition) is 5. The normalized spacial score (nSPS) is 21.7. The summed E-state index contributed by atoms with van der Waals surface area (Å²) in [6.45, 7) is 6.13. The summed E-state index contributed by atoms with van der Waals surface area (Å²) < 4.78 is 54.8. The van der Waals surface area contributed by atoms with E-state index in [-0.39, 0.29) is 10.6 Å². The van der Waals surface area contributed by atoms with Crippen molar-refractivity contribution in [3.63, 3.8) is 0 Å². The summed E-state index contributed by atoms with van der Waals surface area (Å²) in [6.07, 6.45) is 3.75. The highest BCUT2D eigenvalue weighted by molar-refractivity contribution is 7.92. The summed E-state index contributed by atoms with van der Waals surface area (Å²) in [7, 11) is -4.85. The molecule has 2 aromatic rings. The van der Waals surface area contributed by atoms with Crippen molar-refractivity contribution in [2.45, 2.75) is 85.8 Å². The van der Waals surface area contributed by atoms with Crippen LogP contribution in [0.2, 0.25) is 25.2 Å². The molecule has 1 aromatic carbocycles. The van der Waals surface area contributed by atoms with Gasteiger partial charge in [0, 0.05) is 38.2 Å². The van der Waals surface area contributed by atoms with Gasteiger partial charge in [0.25, 0.3) is 17.4 Å². The fourth-order valence-corrected chi connectivity index (χ4v) is 9.67. The van der Waals surface area contributed by atoms with E-state index in [1.54, 1.807) is 12.1 Å². The molecule has 3 aliphatic rings. The second kappa shape index (κ2) is 9.89. The molecule has 11 heteroatoms. The van der Waals surface area contributed by atoms with Crippen LogP contribution in [0, 0.1) is 0 Å². The monoisotopic (exact) mass is 563 g/mol. The number of pyridine rings is 1. The van der Waals surface area contributed by atoms with E-state index in [0.29, 0.717) is 24.1 Å². The van der Waals surface area contributed by atoms with E-state index in [4.69, 9.17) is 0 Å². The molecule has 1 aliphatic heterocycles. The van der Waals surface area contributed by atoms with E-state index in [2.05, 4.69) is 23.3 Å². The highest BCUT2D eigenvalue weighted by Gasteiger charge is 2.46. The minimum Gasteiger partial charge on any atom is -0.371 e. The van der Waals surface area contributed by atoms with Crippen LogP contribution in [-0.2, 0) is 9.84 Å². The molecular weight excluding hydrogens is 528 g/mol. The van der Waals surface area contributed by atoms with Crippen molar-refractivity contribution in [3.8, 4) is 0 Å². The molecule has 0 radical (unpaired) electrons. The fraction of sp³-hybridized carbons (Fsp3) is 0.556. The third-order valence-corrected chi connectivity index (χ3v) is 13.8. The van der Waals surface area contributed by atoms with Crippen molar-refractivity contribution in [1.82, 2.24) is 4.57 Å². The third-order valence-electron chi connectivity index (χ3n) is 8.43. The molecule has 2 heterocycles. The van der Waals surface area contributed by atoms with Crippen LogP contribution in [0.25, 0.3) is 0 Å².